The fraction of sp³-hybridized carbons (Fsp3) is 0.515. The average Bonchev–Trinajstić information content (AvgIpc) is 2.89. The second kappa shape index (κ2) is 15.9. The molecule has 2 aromatic rings. The van der Waals surface area contributed by atoms with Crippen molar-refractivity contribution >= 4 is 29.5 Å². The van der Waals surface area contributed by atoms with Crippen LogP contribution in [0.15, 0.2) is 42.5 Å². The zero-order chi connectivity index (χ0) is 31.4. The Morgan fingerprint density at radius 1 is 0.952 bits per heavy atom. The first-order chi connectivity index (χ1) is 19.7. The van der Waals surface area contributed by atoms with Gasteiger partial charge in [0.05, 0.1) is 0 Å². The summed E-state index contributed by atoms with van der Waals surface area (Å²) in [6.45, 7) is 13.3. The van der Waals surface area contributed by atoms with Crippen molar-refractivity contribution in [3.05, 3.63) is 64.7 Å². The minimum absolute atomic E-state index is 0.0299. The van der Waals surface area contributed by atoms with E-state index in [4.69, 9.17) is 10.5 Å². The fourth-order valence-corrected chi connectivity index (χ4v) is 4.77. The van der Waals surface area contributed by atoms with E-state index < -0.39 is 35.6 Å². The number of nitrogens with one attached hydrogen (secondary N) is 2. The van der Waals surface area contributed by atoms with Gasteiger partial charge in [0.1, 0.15) is 17.7 Å². The van der Waals surface area contributed by atoms with Gasteiger partial charge in [-0.05, 0) is 77.1 Å². The Balaban J connectivity index is 2.61. The average molecular weight is 581 g/mol. The predicted octanol–water partition coefficient (Wildman–Crippen LogP) is 5.86. The first kappa shape index (κ1) is 34.3. The van der Waals surface area contributed by atoms with Crippen LogP contribution in [0, 0.1) is 20.8 Å². The molecule has 0 aliphatic rings. The second-order valence-electron chi connectivity index (χ2n) is 11.9. The molecule has 2 atom stereocenters. The van der Waals surface area contributed by atoms with Crippen molar-refractivity contribution in [3.63, 3.8) is 0 Å². The number of hydrogen-bond donors (Lipinski definition) is 3. The number of unbranched alkanes of at least 4 members (excludes halogenated alkanes) is 3. The van der Waals surface area contributed by atoms with Crippen LogP contribution in [0.5, 0.6) is 0 Å². The summed E-state index contributed by atoms with van der Waals surface area (Å²) in [6, 6.07) is 11.1. The number of nitrogens with zero attached hydrogens (tertiary/aromatic N) is 1. The topological polar surface area (TPSA) is 131 Å². The van der Waals surface area contributed by atoms with Gasteiger partial charge in [-0.15, -0.1) is 0 Å². The fourth-order valence-electron chi connectivity index (χ4n) is 4.77. The summed E-state index contributed by atoms with van der Waals surface area (Å²) in [7, 11) is 0. The smallest absolute Gasteiger partial charge is 0.408 e. The highest BCUT2D eigenvalue weighted by molar-refractivity contribution is 5.99. The Morgan fingerprint density at radius 2 is 1.64 bits per heavy atom. The number of rotatable bonds is 14. The van der Waals surface area contributed by atoms with Gasteiger partial charge in [-0.1, -0.05) is 68.1 Å². The molecule has 0 bridgehead atoms. The summed E-state index contributed by atoms with van der Waals surface area (Å²) in [5.41, 5.74) is 8.73. The number of primary amides is 1. The third-order valence-electron chi connectivity index (χ3n) is 6.89. The third-order valence-corrected chi connectivity index (χ3v) is 6.89. The van der Waals surface area contributed by atoms with Gasteiger partial charge in [0.2, 0.25) is 11.8 Å². The molecule has 4 N–H and O–H groups in total. The van der Waals surface area contributed by atoms with Crippen molar-refractivity contribution in [1.82, 2.24) is 10.2 Å². The molecule has 0 saturated heterocycles. The molecular formula is C33H48N4O5. The molecule has 0 heterocycles. The van der Waals surface area contributed by atoms with Gasteiger partial charge in [0.25, 0.3) is 5.91 Å². The van der Waals surface area contributed by atoms with Crippen molar-refractivity contribution in [1.29, 1.82) is 0 Å². The van der Waals surface area contributed by atoms with Crippen LogP contribution in [0.25, 0.3) is 0 Å². The lowest BCUT2D eigenvalue weighted by Gasteiger charge is -2.35. The minimum atomic E-state index is -1.13. The van der Waals surface area contributed by atoms with Gasteiger partial charge >= 0.3 is 6.09 Å². The van der Waals surface area contributed by atoms with Gasteiger partial charge in [0.15, 0.2) is 0 Å². The molecule has 230 valence electrons. The predicted molar refractivity (Wildman–Crippen MR) is 166 cm³/mol. The number of anilines is 1. The Labute approximate surface area is 250 Å². The quantitative estimate of drug-likeness (QED) is 0.241. The molecule has 4 amide bonds. The summed E-state index contributed by atoms with van der Waals surface area (Å²) >= 11 is 0. The maximum Gasteiger partial charge on any atom is 0.408 e. The maximum atomic E-state index is 14.4. The van der Waals surface area contributed by atoms with Gasteiger partial charge in [-0.3, -0.25) is 14.4 Å². The molecule has 0 aliphatic carbocycles. The number of amides is 4. The van der Waals surface area contributed by atoms with Gasteiger partial charge < -0.3 is 26.0 Å². The number of aryl methyl sites for hydroxylation is 3. The van der Waals surface area contributed by atoms with E-state index in [2.05, 4.69) is 17.6 Å². The Kier molecular flexibility index (Phi) is 13.0. The Hall–Kier alpha value is -3.88. The number of nitrogens with two attached hydrogens (primary N) is 1. The van der Waals surface area contributed by atoms with Crippen LogP contribution < -0.4 is 16.4 Å². The third kappa shape index (κ3) is 10.8. The van der Waals surface area contributed by atoms with E-state index in [1.54, 1.807) is 20.8 Å². The second-order valence-corrected chi connectivity index (χ2v) is 11.9. The van der Waals surface area contributed by atoms with Crippen LogP contribution in [0.1, 0.15) is 94.5 Å². The van der Waals surface area contributed by atoms with E-state index in [1.807, 2.05) is 63.2 Å². The van der Waals surface area contributed by atoms with Crippen molar-refractivity contribution in [2.45, 2.75) is 105 Å². The summed E-state index contributed by atoms with van der Waals surface area (Å²) in [6.07, 6.45) is 2.57. The van der Waals surface area contributed by atoms with Gasteiger partial charge in [-0.2, -0.15) is 0 Å². The van der Waals surface area contributed by atoms with E-state index in [1.165, 1.54) is 4.90 Å². The van der Waals surface area contributed by atoms with Gasteiger partial charge in [-0.25, -0.2) is 4.79 Å². The zero-order valence-electron chi connectivity index (χ0n) is 26.2. The van der Waals surface area contributed by atoms with Crippen LogP contribution in [0.3, 0.4) is 0 Å². The number of hydrogen-bond acceptors (Lipinski definition) is 5. The first-order valence-electron chi connectivity index (χ1n) is 14.8. The van der Waals surface area contributed by atoms with Crippen molar-refractivity contribution in [2.75, 3.05) is 11.9 Å². The van der Waals surface area contributed by atoms with Gasteiger partial charge in [0, 0.05) is 18.7 Å². The first-order valence-corrected chi connectivity index (χ1v) is 14.8. The van der Waals surface area contributed by atoms with Crippen LogP contribution in [0.4, 0.5) is 10.5 Å². The molecular weight excluding hydrogens is 532 g/mol. The summed E-state index contributed by atoms with van der Waals surface area (Å²) in [4.78, 5) is 54.5. The molecule has 0 aliphatic heterocycles. The lowest BCUT2D eigenvalue weighted by Crippen LogP contribution is -2.53. The lowest BCUT2D eigenvalue weighted by atomic mass is 9.95. The molecule has 0 fully saturated rings. The summed E-state index contributed by atoms with van der Waals surface area (Å²) < 4.78 is 5.42. The number of carbonyl (C=O) groups is 4. The number of carbonyl (C=O) groups excluding carboxylic acids is 4. The SMILES string of the molecule is CCCCCCN(C(=O)C(CCC(N)=O)NC(=O)OC(C)(C)C)C(C(=O)Nc1ccccc1C)c1ccc(C)cc1C. The van der Waals surface area contributed by atoms with Crippen molar-refractivity contribution in [2.24, 2.45) is 5.73 Å². The van der Waals surface area contributed by atoms with Crippen molar-refractivity contribution < 1.29 is 23.9 Å². The summed E-state index contributed by atoms with van der Waals surface area (Å²) in [5.74, 6) is -1.45. The highest BCUT2D eigenvalue weighted by Crippen LogP contribution is 2.29. The molecule has 9 nitrogen and oxygen atoms in total. The lowest BCUT2D eigenvalue weighted by molar-refractivity contribution is -0.141. The highest BCUT2D eigenvalue weighted by atomic mass is 16.6. The maximum absolute atomic E-state index is 14.4. The highest BCUT2D eigenvalue weighted by Gasteiger charge is 2.37. The monoisotopic (exact) mass is 580 g/mol. The number of para-hydroxylation sites is 1. The molecule has 2 rings (SSSR count). The van der Waals surface area contributed by atoms with E-state index in [0.29, 0.717) is 17.7 Å². The zero-order valence-corrected chi connectivity index (χ0v) is 26.2. The number of ether oxygens (including phenoxy) is 1. The molecule has 2 unspecified atom stereocenters. The van der Waals surface area contributed by atoms with E-state index in [0.717, 1.165) is 36.0 Å². The number of benzene rings is 2. The standard InChI is InChI=1S/C33H48N4O5/c1-8-9-10-13-20-37(31(40)27(18-19-28(34)38)36-32(41)42-33(5,6)7)29(25-17-16-22(2)21-24(25)4)30(39)35-26-15-12-11-14-23(26)3/h11-12,14-17,21,27,29H,8-10,13,18-20H2,1-7H3,(H2,34,38)(H,35,39)(H,36,41). The molecule has 0 saturated carbocycles. The van der Waals surface area contributed by atoms with E-state index in [-0.39, 0.29) is 25.3 Å². The largest absolute Gasteiger partial charge is 0.444 e. The van der Waals surface area contributed by atoms with Crippen LogP contribution >= 0.6 is 0 Å². The summed E-state index contributed by atoms with van der Waals surface area (Å²) in [5, 5.41) is 5.68. The molecule has 42 heavy (non-hydrogen) atoms. The van der Waals surface area contributed by atoms with E-state index >= 15 is 0 Å². The van der Waals surface area contributed by atoms with Crippen LogP contribution in [-0.4, -0.2) is 46.9 Å². The molecule has 0 spiro atoms. The molecule has 0 radical (unpaired) electrons. The minimum Gasteiger partial charge on any atom is -0.444 e. The Bertz CT molecular complexity index is 1240. The molecule has 2 aromatic carbocycles. The number of alkyl carbamates (subject to hydrolysis) is 1. The van der Waals surface area contributed by atoms with E-state index in [9.17, 15) is 19.2 Å². The van der Waals surface area contributed by atoms with Crippen molar-refractivity contribution in [3.8, 4) is 0 Å². The van der Waals surface area contributed by atoms with Crippen LogP contribution in [-0.2, 0) is 19.1 Å². The van der Waals surface area contributed by atoms with Crippen LogP contribution in [0.2, 0.25) is 0 Å². The Morgan fingerprint density at radius 3 is 2.24 bits per heavy atom. The normalized spacial score (nSPS) is 12.6. The molecule has 0 aromatic heterocycles. The molecule has 9 heteroatoms.